The number of carboxylic acid groups (broad SMARTS) is 1. The zero-order valence-corrected chi connectivity index (χ0v) is 26.8. The molecule has 2 aromatic carbocycles. The molecule has 0 spiro atoms. The first-order valence-electron chi connectivity index (χ1n) is 13.1. The Bertz CT molecular complexity index is 1230. The van der Waals surface area contributed by atoms with Gasteiger partial charge in [0.1, 0.15) is 21.3 Å². The van der Waals surface area contributed by atoms with E-state index in [2.05, 4.69) is 52.7 Å². The second kappa shape index (κ2) is 15.4. The molecular weight excluding hydrogens is 612 g/mol. The van der Waals surface area contributed by atoms with Gasteiger partial charge in [-0.15, -0.1) is 11.3 Å². The SMILES string of the molecule is COc1ccc([C@@H](OCOCC[Si](C)(C)C)C(=O)N(CCCc2ccccc2)Cc2nc(C(=O)O)c(Br)s2)cc1. The third-order valence-corrected chi connectivity index (χ3v) is 9.56. The molecule has 1 aromatic heterocycles. The summed E-state index contributed by atoms with van der Waals surface area (Å²) in [6, 6.07) is 18.3. The molecule has 0 fully saturated rings. The van der Waals surface area contributed by atoms with Gasteiger partial charge in [0, 0.05) is 21.2 Å². The number of carbonyl (C=O) groups is 2. The Hall–Kier alpha value is -2.57. The summed E-state index contributed by atoms with van der Waals surface area (Å²) in [5.41, 5.74) is 1.80. The summed E-state index contributed by atoms with van der Waals surface area (Å²) >= 11 is 4.50. The van der Waals surface area contributed by atoms with Gasteiger partial charge in [0.05, 0.1) is 13.7 Å². The van der Waals surface area contributed by atoms with Crippen LogP contribution in [0.15, 0.2) is 58.4 Å². The minimum atomic E-state index is -1.27. The summed E-state index contributed by atoms with van der Waals surface area (Å²) in [6.07, 6.45) is 0.605. The average Bonchev–Trinajstić information content (AvgIpc) is 3.30. The van der Waals surface area contributed by atoms with Crippen molar-refractivity contribution in [1.82, 2.24) is 9.88 Å². The normalized spacial score (nSPS) is 12.2. The summed E-state index contributed by atoms with van der Waals surface area (Å²) < 4.78 is 17.6. The van der Waals surface area contributed by atoms with Gasteiger partial charge >= 0.3 is 5.97 Å². The van der Waals surface area contributed by atoms with Gasteiger partial charge in [-0.2, -0.15) is 0 Å². The molecule has 0 bridgehead atoms. The van der Waals surface area contributed by atoms with Gasteiger partial charge in [-0.3, -0.25) is 4.79 Å². The zero-order valence-electron chi connectivity index (χ0n) is 23.4. The summed E-state index contributed by atoms with van der Waals surface area (Å²) in [6.45, 7) is 8.00. The number of carbonyl (C=O) groups excluding carboxylic acids is 1. The van der Waals surface area contributed by atoms with Crippen LogP contribution < -0.4 is 4.74 Å². The molecule has 1 N–H and O–H groups in total. The van der Waals surface area contributed by atoms with Crippen LogP contribution in [0, 0.1) is 0 Å². The van der Waals surface area contributed by atoms with Gasteiger partial charge in [-0.1, -0.05) is 62.1 Å². The number of thiazole rings is 1. The fourth-order valence-corrected chi connectivity index (χ4v) is 6.27. The number of carboxylic acids is 1. The Labute approximate surface area is 249 Å². The highest BCUT2D eigenvalue weighted by Gasteiger charge is 2.29. The summed E-state index contributed by atoms with van der Waals surface area (Å²) in [4.78, 5) is 31.6. The van der Waals surface area contributed by atoms with Gasteiger partial charge in [-0.05, 0) is 58.1 Å². The van der Waals surface area contributed by atoms with Crippen LogP contribution in [0.2, 0.25) is 25.7 Å². The van der Waals surface area contributed by atoms with Crippen molar-refractivity contribution in [3.8, 4) is 5.75 Å². The molecule has 0 aliphatic carbocycles. The maximum absolute atomic E-state index is 14.1. The predicted molar refractivity (Wildman–Crippen MR) is 163 cm³/mol. The van der Waals surface area contributed by atoms with Crippen molar-refractivity contribution in [2.45, 2.75) is 51.2 Å². The highest BCUT2D eigenvalue weighted by Crippen LogP contribution is 2.28. The van der Waals surface area contributed by atoms with E-state index in [9.17, 15) is 14.7 Å². The molecule has 216 valence electrons. The van der Waals surface area contributed by atoms with E-state index in [1.54, 1.807) is 24.1 Å². The van der Waals surface area contributed by atoms with E-state index in [0.717, 1.165) is 18.9 Å². The van der Waals surface area contributed by atoms with E-state index in [4.69, 9.17) is 14.2 Å². The topological polar surface area (TPSA) is 98.2 Å². The fraction of sp³-hybridized carbons (Fsp3) is 0.414. The third-order valence-electron chi connectivity index (χ3n) is 6.16. The first-order chi connectivity index (χ1) is 19.1. The monoisotopic (exact) mass is 648 g/mol. The summed E-state index contributed by atoms with van der Waals surface area (Å²) in [7, 11) is 0.323. The molecule has 0 aliphatic heterocycles. The predicted octanol–water partition coefficient (Wildman–Crippen LogP) is 6.64. The lowest BCUT2D eigenvalue weighted by molar-refractivity contribution is -0.155. The van der Waals surface area contributed by atoms with E-state index in [0.29, 0.717) is 33.3 Å². The number of aryl methyl sites for hydroxylation is 1. The Kier molecular flexibility index (Phi) is 12.3. The third kappa shape index (κ3) is 10.1. The van der Waals surface area contributed by atoms with Gasteiger partial charge in [0.2, 0.25) is 0 Å². The van der Waals surface area contributed by atoms with Gasteiger partial charge in [-0.25, -0.2) is 9.78 Å². The molecular formula is C29H37BrN2O6SSi. The largest absolute Gasteiger partial charge is 0.497 e. The van der Waals surface area contributed by atoms with Crippen molar-refractivity contribution in [2.75, 3.05) is 27.1 Å². The van der Waals surface area contributed by atoms with Crippen molar-refractivity contribution in [1.29, 1.82) is 0 Å². The smallest absolute Gasteiger partial charge is 0.356 e. The molecule has 3 aromatic rings. The second-order valence-corrected chi connectivity index (χ2v) is 18.6. The van der Waals surface area contributed by atoms with Crippen LogP contribution in [-0.2, 0) is 27.2 Å². The molecule has 0 unspecified atom stereocenters. The Morgan fingerprint density at radius 2 is 1.80 bits per heavy atom. The molecule has 40 heavy (non-hydrogen) atoms. The molecule has 11 heteroatoms. The Morgan fingerprint density at radius 3 is 2.40 bits per heavy atom. The minimum absolute atomic E-state index is 0.0171. The van der Waals surface area contributed by atoms with E-state index < -0.39 is 20.1 Å². The molecule has 0 saturated carbocycles. The number of hydrogen-bond acceptors (Lipinski definition) is 7. The molecule has 0 radical (unpaired) electrons. The van der Waals surface area contributed by atoms with E-state index in [1.807, 2.05) is 30.3 Å². The zero-order chi connectivity index (χ0) is 29.1. The standard InChI is InChI=1S/C29H37BrN2O6SSi/c1-36-23-14-12-22(13-15-23)26(38-20-37-17-18-40(2,3)4)28(33)32(16-8-11-21-9-6-5-7-10-21)19-24-31-25(29(34)35)27(30)39-24/h5-7,9-10,12-15,26H,8,11,16-20H2,1-4H3,(H,34,35)/t26-/m1/s1. The summed E-state index contributed by atoms with van der Waals surface area (Å²) in [5, 5.41) is 9.98. The van der Waals surface area contributed by atoms with E-state index in [-0.39, 0.29) is 24.9 Å². The van der Waals surface area contributed by atoms with Crippen LogP contribution in [0.25, 0.3) is 0 Å². The molecule has 1 atom stereocenters. The Morgan fingerprint density at radius 1 is 1.10 bits per heavy atom. The fourth-order valence-electron chi connectivity index (χ4n) is 3.90. The first kappa shape index (κ1) is 31.9. The van der Waals surface area contributed by atoms with E-state index in [1.165, 1.54) is 16.9 Å². The Balaban J connectivity index is 1.82. The van der Waals surface area contributed by atoms with Crippen LogP contribution in [-0.4, -0.2) is 62.0 Å². The average molecular weight is 650 g/mol. The molecule has 8 nitrogen and oxygen atoms in total. The van der Waals surface area contributed by atoms with Crippen LogP contribution in [0.3, 0.4) is 0 Å². The lowest BCUT2D eigenvalue weighted by Crippen LogP contribution is -2.37. The number of halogens is 1. The van der Waals surface area contributed by atoms with Crippen molar-refractivity contribution < 1.29 is 28.9 Å². The molecule has 0 saturated heterocycles. The number of methoxy groups -OCH3 is 1. The number of aromatic carboxylic acids is 1. The van der Waals surface area contributed by atoms with E-state index >= 15 is 0 Å². The van der Waals surface area contributed by atoms with Crippen molar-refractivity contribution in [2.24, 2.45) is 0 Å². The van der Waals surface area contributed by atoms with Gasteiger partial charge in [0.25, 0.3) is 5.91 Å². The molecule has 1 amide bonds. The maximum Gasteiger partial charge on any atom is 0.356 e. The van der Waals surface area contributed by atoms with Crippen LogP contribution >= 0.6 is 27.3 Å². The van der Waals surface area contributed by atoms with Crippen molar-refractivity contribution in [3.05, 3.63) is 80.2 Å². The molecule has 3 rings (SSSR count). The first-order valence-corrected chi connectivity index (χ1v) is 18.4. The second-order valence-electron chi connectivity index (χ2n) is 10.5. The lowest BCUT2D eigenvalue weighted by Gasteiger charge is -2.27. The molecule has 1 heterocycles. The van der Waals surface area contributed by atoms with Gasteiger partial charge < -0.3 is 24.2 Å². The van der Waals surface area contributed by atoms with Crippen LogP contribution in [0.5, 0.6) is 5.75 Å². The minimum Gasteiger partial charge on any atom is -0.497 e. The highest BCUT2D eigenvalue weighted by atomic mass is 79.9. The van der Waals surface area contributed by atoms with Crippen LogP contribution in [0.1, 0.15) is 39.1 Å². The number of aromatic nitrogens is 1. The molecule has 0 aliphatic rings. The number of ether oxygens (including phenoxy) is 3. The quantitative estimate of drug-likeness (QED) is 0.106. The lowest BCUT2D eigenvalue weighted by atomic mass is 10.1. The number of rotatable bonds is 16. The van der Waals surface area contributed by atoms with Crippen molar-refractivity contribution >= 4 is 47.2 Å². The summed E-state index contributed by atoms with van der Waals surface area (Å²) in [5.74, 6) is -0.684. The number of hydrogen-bond donors (Lipinski definition) is 1. The maximum atomic E-state index is 14.1. The number of amides is 1. The highest BCUT2D eigenvalue weighted by molar-refractivity contribution is 9.11. The van der Waals surface area contributed by atoms with Crippen LogP contribution in [0.4, 0.5) is 0 Å². The van der Waals surface area contributed by atoms with Gasteiger partial charge in [0.15, 0.2) is 11.8 Å². The number of benzene rings is 2. The van der Waals surface area contributed by atoms with Crippen molar-refractivity contribution in [3.63, 3.8) is 0 Å². The number of nitrogens with zero attached hydrogens (tertiary/aromatic N) is 2.